The van der Waals surface area contributed by atoms with Gasteiger partial charge in [-0.15, -0.1) is 0 Å². The van der Waals surface area contributed by atoms with Crippen LogP contribution >= 0.6 is 0 Å². The summed E-state index contributed by atoms with van der Waals surface area (Å²) in [7, 11) is 5.65. The number of phenols is 1. The predicted molar refractivity (Wildman–Crippen MR) is 100 cm³/mol. The Morgan fingerprint density at radius 1 is 1.08 bits per heavy atom. The molecule has 0 saturated carbocycles. The van der Waals surface area contributed by atoms with Gasteiger partial charge >= 0.3 is 0 Å². The Kier molecular flexibility index (Phi) is 7.29. The Hall–Kier alpha value is -2.53. The van der Waals surface area contributed by atoms with Crippen molar-refractivity contribution >= 4 is 5.71 Å². The van der Waals surface area contributed by atoms with Gasteiger partial charge in [0.15, 0.2) is 0 Å². The maximum Gasteiger partial charge on any atom is 0.129 e. The lowest BCUT2D eigenvalue weighted by Crippen LogP contribution is -2.17. The molecule has 0 heterocycles. The SMILES string of the molecule is COc1ccccc1C(CCc1ccc(O)cc1)=NOCCN(C)C. The molecule has 0 radical (unpaired) electrons. The van der Waals surface area contributed by atoms with Crippen LogP contribution in [0, 0.1) is 0 Å². The summed E-state index contributed by atoms with van der Waals surface area (Å²) in [5, 5.41) is 13.8. The van der Waals surface area contributed by atoms with Crippen molar-refractivity contribution < 1.29 is 14.7 Å². The minimum Gasteiger partial charge on any atom is -0.508 e. The molecule has 0 unspecified atom stereocenters. The van der Waals surface area contributed by atoms with Crippen molar-refractivity contribution in [3.8, 4) is 11.5 Å². The van der Waals surface area contributed by atoms with E-state index in [1.165, 1.54) is 0 Å². The Bertz CT molecular complexity index is 682. The predicted octanol–water partition coefficient (Wildman–Crippen LogP) is 3.32. The third kappa shape index (κ3) is 6.12. The molecule has 0 bridgehead atoms. The molecule has 1 N–H and O–H groups in total. The van der Waals surface area contributed by atoms with E-state index in [1.54, 1.807) is 19.2 Å². The monoisotopic (exact) mass is 342 g/mol. The van der Waals surface area contributed by atoms with Gasteiger partial charge in [0.25, 0.3) is 0 Å². The van der Waals surface area contributed by atoms with Crippen molar-refractivity contribution in [2.24, 2.45) is 5.16 Å². The van der Waals surface area contributed by atoms with E-state index in [0.29, 0.717) is 13.0 Å². The number of oxime groups is 1. The Balaban J connectivity index is 2.13. The third-order valence-corrected chi connectivity index (χ3v) is 3.81. The van der Waals surface area contributed by atoms with Crippen LogP contribution in [-0.4, -0.2) is 50.1 Å². The average Bonchev–Trinajstić information content (AvgIpc) is 2.62. The van der Waals surface area contributed by atoms with Crippen molar-refractivity contribution in [2.75, 3.05) is 34.4 Å². The summed E-state index contributed by atoms with van der Waals surface area (Å²) in [4.78, 5) is 7.57. The molecule has 2 aromatic carbocycles. The van der Waals surface area contributed by atoms with Crippen LogP contribution in [0.25, 0.3) is 0 Å². The highest BCUT2D eigenvalue weighted by atomic mass is 16.6. The summed E-state index contributed by atoms with van der Waals surface area (Å²) in [5.41, 5.74) is 2.92. The molecule has 0 amide bonds. The standard InChI is InChI=1S/C20H26N2O3/c1-22(2)14-15-25-21-19(18-6-4-5-7-20(18)24-3)13-10-16-8-11-17(23)12-9-16/h4-9,11-12,23H,10,13-15H2,1-3H3. The minimum absolute atomic E-state index is 0.273. The molecule has 0 saturated heterocycles. The van der Waals surface area contributed by atoms with Crippen LogP contribution in [0.2, 0.25) is 0 Å². The molecule has 2 aromatic rings. The van der Waals surface area contributed by atoms with Gasteiger partial charge in [0.05, 0.1) is 12.8 Å². The normalized spacial score (nSPS) is 11.6. The molecule has 134 valence electrons. The third-order valence-electron chi connectivity index (χ3n) is 3.81. The van der Waals surface area contributed by atoms with Gasteiger partial charge in [-0.1, -0.05) is 29.4 Å². The van der Waals surface area contributed by atoms with Gasteiger partial charge in [-0.3, -0.25) is 0 Å². The van der Waals surface area contributed by atoms with Gasteiger partial charge in [-0.2, -0.15) is 0 Å². The summed E-state index contributed by atoms with van der Waals surface area (Å²) in [6.07, 6.45) is 1.52. The van der Waals surface area contributed by atoms with Crippen LogP contribution < -0.4 is 4.74 Å². The van der Waals surface area contributed by atoms with Gasteiger partial charge < -0.3 is 19.6 Å². The van der Waals surface area contributed by atoms with Gasteiger partial charge in [-0.05, 0) is 56.8 Å². The topological polar surface area (TPSA) is 54.3 Å². The quantitative estimate of drug-likeness (QED) is 0.431. The number of ether oxygens (including phenoxy) is 1. The molecule has 0 aliphatic heterocycles. The first-order chi connectivity index (χ1) is 12.1. The number of likely N-dealkylation sites (N-methyl/N-ethyl adjacent to an activating group) is 1. The van der Waals surface area contributed by atoms with Crippen LogP contribution in [-0.2, 0) is 11.3 Å². The van der Waals surface area contributed by atoms with Crippen LogP contribution in [0.15, 0.2) is 53.7 Å². The van der Waals surface area contributed by atoms with E-state index in [0.717, 1.165) is 35.6 Å². The number of aryl methyl sites for hydroxylation is 1. The highest BCUT2D eigenvalue weighted by molar-refractivity contribution is 6.02. The van der Waals surface area contributed by atoms with Gasteiger partial charge in [-0.25, -0.2) is 0 Å². The number of benzene rings is 2. The number of hydrogen-bond acceptors (Lipinski definition) is 5. The van der Waals surface area contributed by atoms with Crippen molar-refractivity contribution in [3.63, 3.8) is 0 Å². The zero-order chi connectivity index (χ0) is 18.1. The molecule has 5 nitrogen and oxygen atoms in total. The molecular weight excluding hydrogens is 316 g/mol. The molecule has 0 fully saturated rings. The summed E-state index contributed by atoms with van der Waals surface area (Å²) in [6.45, 7) is 1.34. The number of methoxy groups -OCH3 is 1. The molecular formula is C20H26N2O3. The number of rotatable bonds is 9. The fraction of sp³-hybridized carbons (Fsp3) is 0.350. The number of aromatic hydroxyl groups is 1. The van der Waals surface area contributed by atoms with Crippen molar-refractivity contribution in [1.82, 2.24) is 4.90 Å². The van der Waals surface area contributed by atoms with Crippen LogP contribution in [0.3, 0.4) is 0 Å². The van der Waals surface area contributed by atoms with Crippen LogP contribution in [0.5, 0.6) is 11.5 Å². The fourth-order valence-electron chi connectivity index (χ4n) is 2.38. The van der Waals surface area contributed by atoms with Crippen molar-refractivity contribution in [1.29, 1.82) is 0 Å². The van der Waals surface area contributed by atoms with Crippen LogP contribution in [0.1, 0.15) is 17.5 Å². The van der Waals surface area contributed by atoms with Crippen molar-refractivity contribution in [3.05, 3.63) is 59.7 Å². The minimum atomic E-state index is 0.273. The molecule has 25 heavy (non-hydrogen) atoms. The van der Waals surface area contributed by atoms with Crippen LogP contribution in [0.4, 0.5) is 0 Å². The molecule has 0 atom stereocenters. The molecule has 0 aliphatic rings. The molecule has 2 rings (SSSR count). The van der Waals surface area contributed by atoms with E-state index in [1.807, 2.05) is 50.5 Å². The first-order valence-electron chi connectivity index (χ1n) is 8.35. The molecule has 0 spiro atoms. The smallest absolute Gasteiger partial charge is 0.129 e. The largest absolute Gasteiger partial charge is 0.508 e. The highest BCUT2D eigenvalue weighted by Gasteiger charge is 2.11. The molecule has 0 aromatic heterocycles. The summed E-state index contributed by atoms with van der Waals surface area (Å²) in [5.74, 6) is 1.05. The second-order valence-corrected chi connectivity index (χ2v) is 6.04. The zero-order valence-electron chi connectivity index (χ0n) is 15.1. The van der Waals surface area contributed by atoms with E-state index in [9.17, 15) is 5.11 Å². The summed E-state index contributed by atoms with van der Waals surface area (Å²) < 4.78 is 5.46. The lowest BCUT2D eigenvalue weighted by atomic mass is 10.0. The zero-order valence-corrected chi connectivity index (χ0v) is 15.1. The lowest BCUT2D eigenvalue weighted by Gasteiger charge is -2.12. The van der Waals surface area contributed by atoms with Crippen molar-refractivity contribution in [2.45, 2.75) is 12.8 Å². The average molecular weight is 342 g/mol. The number of hydrogen-bond donors (Lipinski definition) is 1. The first-order valence-corrected chi connectivity index (χ1v) is 8.35. The number of nitrogens with zero attached hydrogens (tertiary/aromatic N) is 2. The fourth-order valence-corrected chi connectivity index (χ4v) is 2.38. The highest BCUT2D eigenvalue weighted by Crippen LogP contribution is 2.21. The van der Waals surface area contributed by atoms with E-state index in [-0.39, 0.29) is 5.75 Å². The Morgan fingerprint density at radius 3 is 2.48 bits per heavy atom. The second kappa shape index (κ2) is 9.69. The number of phenolic OH excluding ortho intramolecular Hbond substituents is 1. The summed E-state index contributed by atoms with van der Waals surface area (Å²) in [6, 6.07) is 15.0. The van der Waals surface area contributed by atoms with E-state index in [2.05, 4.69) is 10.1 Å². The maximum atomic E-state index is 9.40. The first kappa shape index (κ1) is 18.8. The second-order valence-electron chi connectivity index (χ2n) is 6.04. The molecule has 5 heteroatoms. The van der Waals surface area contributed by atoms with Gasteiger partial charge in [0.2, 0.25) is 0 Å². The Morgan fingerprint density at radius 2 is 1.80 bits per heavy atom. The number of para-hydroxylation sites is 1. The van der Waals surface area contributed by atoms with E-state index >= 15 is 0 Å². The van der Waals surface area contributed by atoms with E-state index < -0.39 is 0 Å². The lowest BCUT2D eigenvalue weighted by molar-refractivity contribution is 0.125. The summed E-state index contributed by atoms with van der Waals surface area (Å²) >= 11 is 0. The Labute approximate surface area is 149 Å². The van der Waals surface area contributed by atoms with E-state index in [4.69, 9.17) is 9.57 Å². The molecule has 0 aliphatic carbocycles. The maximum absolute atomic E-state index is 9.40. The van der Waals surface area contributed by atoms with Gasteiger partial charge in [0, 0.05) is 12.1 Å². The van der Waals surface area contributed by atoms with Gasteiger partial charge in [0.1, 0.15) is 18.1 Å².